The summed E-state index contributed by atoms with van der Waals surface area (Å²) in [5, 5.41) is 22.4. The molecular formula is C12H9N5O2. The Morgan fingerprint density at radius 3 is 2.53 bits per heavy atom. The van der Waals surface area contributed by atoms with Crippen molar-refractivity contribution < 1.29 is 4.92 Å². The molecule has 94 valence electrons. The Morgan fingerprint density at radius 2 is 1.95 bits per heavy atom. The van der Waals surface area contributed by atoms with Gasteiger partial charge in [-0.1, -0.05) is 0 Å². The SMILES string of the molecule is N#Cc1ccc(Nc2nc(N)ccc2[N+](=O)[O-])cc1. The number of nitrogen functional groups attached to an aromatic ring is 1. The Kier molecular flexibility index (Phi) is 3.25. The Morgan fingerprint density at radius 1 is 1.26 bits per heavy atom. The summed E-state index contributed by atoms with van der Waals surface area (Å²) < 4.78 is 0. The normalized spacial score (nSPS) is 9.63. The monoisotopic (exact) mass is 255 g/mol. The first-order valence-electron chi connectivity index (χ1n) is 5.28. The molecule has 19 heavy (non-hydrogen) atoms. The molecule has 1 aromatic carbocycles. The van der Waals surface area contributed by atoms with Gasteiger partial charge in [-0.15, -0.1) is 0 Å². The van der Waals surface area contributed by atoms with Crippen LogP contribution in [0.5, 0.6) is 0 Å². The number of nitriles is 1. The third kappa shape index (κ3) is 2.76. The Labute approximate surface area is 108 Å². The van der Waals surface area contributed by atoms with Gasteiger partial charge in [-0.05, 0) is 30.3 Å². The topological polar surface area (TPSA) is 118 Å². The summed E-state index contributed by atoms with van der Waals surface area (Å²) in [6, 6.07) is 11.1. The van der Waals surface area contributed by atoms with Gasteiger partial charge in [0.25, 0.3) is 0 Å². The fraction of sp³-hybridized carbons (Fsp3) is 0. The van der Waals surface area contributed by atoms with Gasteiger partial charge in [0.05, 0.1) is 16.6 Å². The molecule has 0 aliphatic rings. The number of nitro groups is 1. The van der Waals surface area contributed by atoms with Crippen LogP contribution in [0.4, 0.5) is 23.0 Å². The second-order valence-corrected chi connectivity index (χ2v) is 3.68. The number of nitrogens with zero attached hydrogens (tertiary/aromatic N) is 3. The van der Waals surface area contributed by atoms with Gasteiger partial charge >= 0.3 is 5.69 Å². The first-order valence-corrected chi connectivity index (χ1v) is 5.28. The fourth-order valence-corrected chi connectivity index (χ4v) is 1.47. The summed E-state index contributed by atoms with van der Waals surface area (Å²) >= 11 is 0. The van der Waals surface area contributed by atoms with E-state index in [0.717, 1.165) is 0 Å². The zero-order valence-electron chi connectivity index (χ0n) is 9.70. The molecule has 0 bridgehead atoms. The summed E-state index contributed by atoms with van der Waals surface area (Å²) in [6.45, 7) is 0. The quantitative estimate of drug-likeness (QED) is 0.641. The first kappa shape index (κ1) is 12.3. The molecule has 0 aliphatic carbocycles. The van der Waals surface area contributed by atoms with Crippen LogP contribution in [0, 0.1) is 21.4 Å². The molecule has 3 N–H and O–H groups in total. The molecule has 0 amide bonds. The van der Waals surface area contributed by atoms with Crippen molar-refractivity contribution in [3.63, 3.8) is 0 Å². The number of hydrogen-bond acceptors (Lipinski definition) is 6. The van der Waals surface area contributed by atoms with Crippen LogP contribution in [0.3, 0.4) is 0 Å². The Hall–Kier alpha value is -3.14. The van der Waals surface area contributed by atoms with Crippen molar-refractivity contribution in [2.45, 2.75) is 0 Å². The molecule has 0 atom stereocenters. The summed E-state index contributed by atoms with van der Waals surface area (Å²) in [5.74, 6) is 0.247. The molecule has 0 radical (unpaired) electrons. The van der Waals surface area contributed by atoms with E-state index in [-0.39, 0.29) is 17.3 Å². The molecule has 2 rings (SSSR count). The lowest BCUT2D eigenvalue weighted by atomic mass is 10.2. The van der Waals surface area contributed by atoms with Gasteiger partial charge in [0.1, 0.15) is 5.82 Å². The van der Waals surface area contributed by atoms with Crippen molar-refractivity contribution in [2.24, 2.45) is 0 Å². The van der Waals surface area contributed by atoms with E-state index in [0.29, 0.717) is 11.3 Å². The van der Waals surface area contributed by atoms with Crippen molar-refractivity contribution in [1.82, 2.24) is 4.98 Å². The number of nitrogens with two attached hydrogens (primary N) is 1. The van der Waals surface area contributed by atoms with Crippen LogP contribution in [0.1, 0.15) is 5.56 Å². The lowest BCUT2D eigenvalue weighted by Gasteiger charge is -2.06. The third-order valence-corrected chi connectivity index (χ3v) is 2.37. The molecule has 0 saturated carbocycles. The van der Waals surface area contributed by atoms with Crippen molar-refractivity contribution in [1.29, 1.82) is 5.26 Å². The maximum Gasteiger partial charge on any atom is 0.311 e. The third-order valence-electron chi connectivity index (χ3n) is 2.37. The molecule has 0 saturated heterocycles. The highest BCUT2D eigenvalue weighted by Gasteiger charge is 2.15. The van der Waals surface area contributed by atoms with Crippen molar-refractivity contribution >= 4 is 23.0 Å². The van der Waals surface area contributed by atoms with Gasteiger partial charge < -0.3 is 11.1 Å². The van der Waals surface area contributed by atoms with Crippen molar-refractivity contribution in [2.75, 3.05) is 11.1 Å². The molecule has 0 aliphatic heterocycles. The maximum atomic E-state index is 10.9. The van der Waals surface area contributed by atoms with Crippen LogP contribution >= 0.6 is 0 Å². The van der Waals surface area contributed by atoms with E-state index in [1.54, 1.807) is 24.3 Å². The second kappa shape index (κ2) is 5.01. The molecule has 0 spiro atoms. The van der Waals surface area contributed by atoms with Crippen LogP contribution in [-0.2, 0) is 0 Å². The van der Waals surface area contributed by atoms with Gasteiger partial charge in [-0.2, -0.15) is 5.26 Å². The van der Waals surface area contributed by atoms with Crippen molar-refractivity contribution in [3.05, 3.63) is 52.1 Å². The van der Waals surface area contributed by atoms with Gasteiger partial charge in [0, 0.05) is 11.8 Å². The predicted octanol–water partition coefficient (Wildman–Crippen LogP) is 2.19. The molecule has 2 aromatic rings. The molecule has 7 heteroatoms. The lowest BCUT2D eigenvalue weighted by molar-refractivity contribution is -0.384. The van der Waals surface area contributed by atoms with E-state index in [1.807, 2.05) is 6.07 Å². The number of benzene rings is 1. The zero-order chi connectivity index (χ0) is 13.8. The summed E-state index contributed by atoms with van der Waals surface area (Å²) in [6.07, 6.45) is 0. The number of aromatic nitrogens is 1. The van der Waals surface area contributed by atoms with E-state index in [4.69, 9.17) is 11.0 Å². The van der Waals surface area contributed by atoms with Gasteiger partial charge in [0.15, 0.2) is 0 Å². The number of nitrogens with one attached hydrogen (secondary N) is 1. The van der Waals surface area contributed by atoms with Crippen LogP contribution < -0.4 is 11.1 Å². The minimum atomic E-state index is -0.543. The summed E-state index contributed by atoms with van der Waals surface area (Å²) in [4.78, 5) is 14.2. The van der Waals surface area contributed by atoms with Crippen LogP contribution in [0.15, 0.2) is 36.4 Å². The Bertz CT molecular complexity index is 661. The smallest absolute Gasteiger partial charge is 0.311 e. The van der Waals surface area contributed by atoms with Gasteiger partial charge in [-0.25, -0.2) is 4.98 Å². The molecule has 1 aromatic heterocycles. The number of hydrogen-bond donors (Lipinski definition) is 2. The zero-order valence-corrected chi connectivity index (χ0v) is 9.70. The van der Waals surface area contributed by atoms with E-state index < -0.39 is 4.92 Å². The highest BCUT2D eigenvalue weighted by molar-refractivity contribution is 5.67. The second-order valence-electron chi connectivity index (χ2n) is 3.68. The summed E-state index contributed by atoms with van der Waals surface area (Å²) in [5.41, 5.74) is 6.43. The lowest BCUT2D eigenvalue weighted by Crippen LogP contribution is -2.02. The van der Waals surface area contributed by atoms with Crippen LogP contribution in [0.25, 0.3) is 0 Å². The molecular weight excluding hydrogens is 246 g/mol. The Balaban J connectivity index is 2.34. The fourth-order valence-electron chi connectivity index (χ4n) is 1.47. The van der Waals surface area contributed by atoms with Gasteiger partial charge in [-0.3, -0.25) is 10.1 Å². The number of anilines is 3. The van der Waals surface area contributed by atoms with Crippen LogP contribution in [0.2, 0.25) is 0 Å². The number of rotatable bonds is 3. The molecule has 1 heterocycles. The highest BCUT2D eigenvalue weighted by Crippen LogP contribution is 2.26. The average molecular weight is 255 g/mol. The predicted molar refractivity (Wildman–Crippen MR) is 69.7 cm³/mol. The largest absolute Gasteiger partial charge is 0.384 e. The minimum Gasteiger partial charge on any atom is -0.384 e. The van der Waals surface area contributed by atoms with E-state index in [1.165, 1.54) is 12.1 Å². The number of pyridine rings is 1. The molecule has 0 fully saturated rings. The first-order chi connectivity index (χ1) is 9.10. The summed E-state index contributed by atoms with van der Waals surface area (Å²) in [7, 11) is 0. The van der Waals surface area contributed by atoms with E-state index in [2.05, 4.69) is 10.3 Å². The highest BCUT2D eigenvalue weighted by atomic mass is 16.6. The minimum absolute atomic E-state index is 0.0645. The standard InChI is InChI=1S/C12H9N5O2/c13-7-8-1-3-9(4-2-8)15-12-10(17(18)19)5-6-11(14)16-12/h1-6H,(H3,14,15,16). The molecule has 0 unspecified atom stereocenters. The van der Waals surface area contributed by atoms with E-state index >= 15 is 0 Å². The molecule has 7 nitrogen and oxygen atoms in total. The van der Waals surface area contributed by atoms with Gasteiger partial charge in [0.2, 0.25) is 5.82 Å². The van der Waals surface area contributed by atoms with E-state index in [9.17, 15) is 10.1 Å². The van der Waals surface area contributed by atoms with Crippen LogP contribution in [-0.4, -0.2) is 9.91 Å². The maximum absolute atomic E-state index is 10.9. The average Bonchev–Trinajstić information content (AvgIpc) is 2.39. The van der Waals surface area contributed by atoms with Crippen molar-refractivity contribution in [3.8, 4) is 6.07 Å².